The molecule has 3 rings (SSSR count). The quantitative estimate of drug-likeness (QED) is 0.630. The molecule has 140 valence electrons. The van der Waals surface area contributed by atoms with Crippen molar-refractivity contribution in [1.29, 1.82) is 0 Å². The number of rotatable bonds is 6. The van der Waals surface area contributed by atoms with Gasteiger partial charge in [-0.15, -0.1) is 0 Å². The second-order valence-corrected chi connectivity index (χ2v) is 5.81. The number of aromatic amines is 1. The second-order valence-electron chi connectivity index (χ2n) is 5.81. The van der Waals surface area contributed by atoms with E-state index in [4.69, 9.17) is 9.47 Å². The van der Waals surface area contributed by atoms with Gasteiger partial charge in [0.05, 0.1) is 32.2 Å². The number of fused-ring (bicyclic) bond motifs is 1. The third-order valence-electron chi connectivity index (χ3n) is 4.21. The summed E-state index contributed by atoms with van der Waals surface area (Å²) in [5.41, 5.74) is 0.605. The molecule has 0 saturated carbocycles. The van der Waals surface area contributed by atoms with E-state index in [1.54, 1.807) is 24.3 Å². The summed E-state index contributed by atoms with van der Waals surface area (Å²) < 4.78 is 11.4. The minimum absolute atomic E-state index is 0.0669. The number of H-pyrrole nitrogens is 1. The summed E-state index contributed by atoms with van der Waals surface area (Å²) in [5.74, 6) is -1.08. The molecule has 1 aromatic rings. The molecule has 0 bridgehead atoms. The third kappa shape index (κ3) is 3.52. The van der Waals surface area contributed by atoms with E-state index in [-0.39, 0.29) is 23.2 Å². The van der Waals surface area contributed by atoms with Crippen molar-refractivity contribution in [3.05, 3.63) is 58.1 Å². The maximum atomic E-state index is 12.1. The second kappa shape index (κ2) is 7.32. The van der Waals surface area contributed by atoms with Crippen LogP contribution in [0, 0.1) is 0 Å². The zero-order valence-electron chi connectivity index (χ0n) is 14.6. The van der Waals surface area contributed by atoms with Crippen LogP contribution in [0.4, 0.5) is 0 Å². The van der Waals surface area contributed by atoms with Crippen LogP contribution >= 0.6 is 0 Å². The van der Waals surface area contributed by atoms with E-state index in [0.29, 0.717) is 11.3 Å². The van der Waals surface area contributed by atoms with Crippen molar-refractivity contribution in [1.82, 2.24) is 14.8 Å². The van der Waals surface area contributed by atoms with Crippen LogP contribution in [0.2, 0.25) is 0 Å². The standard InChI is InChI=1S/C18H17N3O6/c1-26-11-5-3-10(4-6-11)14(7-15(22)23)21-8-12-16(19-20-17(12)24)13(9-21)18(25)27-2/h3-6,8-9,14H,7H2,1-2H3,(H,20,24)(H,22,23)/t14-/m1/s1. The molecule has 0 spiro atoms. The van der Waals surface area contributed by atoms with Gasteiger partial charge in [0.1, 0.15) is 17.0 Å². The molecule has 0 amide bonds. The molecule has 2 heterocycles. The van der Waals surface area contributed by atoms with Gasteiger partial charge in [-0.2, -0.15) is 5.10 Å². The zero-order valence-corrected chi connectivity index (χ0v) is 14.6. The number of nitrogens with zero attached hydrogens (tertiary/aromatic N) is 2. The Bertz CT molecular complexity index is 1000. The first-order valence-electron chi connectivity index (χ1n) is 7.98. The number of aromatic nitrogens is 3. The third-order valence-corrected chi connectivity index (χ3v) is 4.21. The van der Waals surface area contributed by atoms with Crippen LogP contribution in [0.1, 0.15) is 28.4 Å². The van der Waals surface area contributed by atoms with Crippen molar-refractivity contribution >= 4 is 11.9 Å². The lowest BCUT2D eigenvalue weighted by atomic mass is 10.0. The number of aliphatic carboxylic acids is 1. The van der Waals surface area contributed by atoms with E-state index < -0.39 is 23.5 Å². The topological polar surface area (TPSA) is 124 Å². The first-order chi connectivity index (χ1) is 12.9. The number of benzene rings is 1. The summed E-state index contributed by atoms with van der Waals surface area (Å²) in [6, 6.07) is 6.22. The van der Waals surface area contributed by atoms with Gasteiger partial charge in [-0.3, -0.25) is 9.59 Å². The summed E-state index contributed by atoms with van der Waals surface area (Å²) in [6.45, 7) is 0. The molecule has 9 nitrogen and oxygen atoms in total. The number of hydrogen-bond acceptors (Lipinski definition) is 6. The van der Waals surface area contributed by atoms with Crippen LogP contribution in [-0.2, 0) is 9.53 Å². The van der Waals surface area contributed by atoms with E-state index >= 15 is 0 Å². The highest BCUT2D eigenvalue weighted by molar-refractivity contribution is 5.96. The molecule has 0 radical (unpaired) electrons. The van der Waals surface area contributed by atoms with Crippen LogP contribution < -0.4 is 10.3 Å². The normalized spacial score (nSPS) is 11.9. The van der Waals surface area contributed by atoms with Crippen LogP contribution in [0.15, 0.2) is 41.5 Å². The van der Waals surface area contributed by atoms with Gasteiger partial charge >= 0.3 is 11.9 Å². The highest BCUT2D eigenvalue weighted by atomic mass is 16.5. The number of esters is 1. The maximum Gasteiger partial charge on any atom is 0.341 e. The molecule has 27 heavy (non-hydrogen) atoms. The number of ether oxygens (including phenoxy) is 2. The van der Waals surface area contributed by atoms with E-state index in [1.807, 2.05) is 0 Å². The van der Waals surface area contributed by atoms with Gasteiger partial charge in [0, 0.05) is 12.4 Å². The number of carboxylic acid groups (broad SMARTS) is 1. The Morgan fingerprint density at radius 1 is 1.22 bits per heavy atom. The molecule has 2 aliphatic heterocycles. The summed E-state index contributed by atoms with van der Waals surface area (Å²) in [4.78, 5) is 35.6. The molecule has 2 aliphatic rings. The van der Waals surface area contributed by atoms with E-state index in [0.717, 1.165) is 0 Å². The smallest absolute Gasteiger partial charge is 0.341 e. The van der Waals surface area contributed by atoms with Gasteiger partial charge in [-0.1, -0.05) is 12.1 Å². The van der Waals surface area contributed by atoms with Gasteiger partial charge in [-0.25, -0.2) is 9.89 Å². The number of nitrogens with one attached hydrogen (secondary N) is 1. The Kier molecular flexibility index (Phi) is 4.93. The van der Waals surface area contributed by atoms with Gasteiger partial charge < -0.3 is 19.1 Å². The minimum Gasteiger partial charge on any atom is -0.497 e. The van der Waals surface area contributed by atoms with E-state index in [2.05, 4.69) is 10.2 Å². The van der Waals surface area contributed by atoms with Gasteiger partial charge in [0.25, 0.3) is 5.56 Å². The van der Waals surface area contributed by atoms with Crippen molar-refractivity contribution in [3.63, 3.8) is 0 Å². The Hall–Kier alpha value is -3.62. The predicted octanol–water partition coefficient (Wildman–Crippen LogP) is 1.54. The first-order valence-corrected chi connectivity index (χ1v) is 7.98. The lowest BCUT2D eigenvalue weighted by Gasteiger charge is -2.21. The summed E-state index contributed by atoms with van der Waals surface area (Å²) in [5, 5.41) is 15.5. The Morgan fingerprint density at radius 3 is 2.52 bits per heavy atom. The fraction of sp³-hybridized carbons (Fsp3) is 0.222. The molecular weight excluding hydrogens is 354 g/mol. The number of hydrogen-bond donors (Lipinski definition) is 2. The highest BCUT2D eigenvalue weighted by Gasteiger charge is 2.25. The molecule has 0 saturated heterocycles. The number of carboxylic acids is 1. The SMILES string of the molecule is COC(=O)c1cn([C@H](CC(=O)O)c2ccc(OC)cc2)cc2c(=O)[nH]nc1-2. The highest BCUT2D eigenvalue weighted by Crippen LogP contribution is 2.28. The van der Waals surface area contributed by atoms with Crippen LogP contribution in [0.3, 0.4) is 0 Å². The van der Waals surface area contributed by atoms with Crippen LogP contribution in [0.5, 0.6) is 5.75 Å². The number of carbonyl (C=O) groups excluding carboxylic acids is 1. The van der Waals surface area contributed by atoms with Crippen LogP contribution in [-0.4, -0.2) is 46.0 Å². The van der Waals surface area contributed by atoms with E-state index in [1.165, 1.54) is 31.2 Å². The molecule has 0 unspecified atom stereocenters. The molecule has 1 aromatic carbocycles. The molecule has 0 aliphatic carbocycles. The van der Waals surface area contributed by atoms with Crippen molar-refractivity contribution in [2.75, 3.05) is 14.2 Å². The van der Waals surface area contributed by atoms with Crippen LogP contribution in [0.25, 0.3) is 11.3 Å². The van der Waals surface area contributed by atoms with E-state index in [9.17, 15) is 19.5 Å². The van der Waals surface area contributed by atoms with Gasteiger partial charge in [-0.05, 0) is 17.7 Å². The predicted molar refractivity (Wildman–Crippen MR) is 94.2 cm³/mol. The van der Waals surface area contributed by atoms with Crippen molar-refractivity contribution in [2.45, 2.75) is 12.5 Å². The maximum absolute atomic E-state index is 12.1. The van der Waals surface area contributed by atoms with Gasteiger partial charge in [0.2, 0.25) is 0 Å². The molecule has 9 heteroatoms. The van der Waals surface area contributed by atoms with Gasteiger partial charge in [0.15, 0.2) is 0 Å². The average molecular weight is 371 g/mol. The zero-order chi connectivity index (χ0) is 19.6. The summed E-state index contributed by atoms with van der Waals surface area (Å²) >= 11 is 0. The molecule has 1 atom stereocenters. The monoisotopic (exact) mass is 371 g/mol. The summed E-state index contributed by atoms with van der Waals surface area (Å²) in [7, 11) is 2.75. The average Bonchev–Trinajstić information content (AvgIpc) is 3.05. The van der Waals surface area contributed by atoms with Crippen molar-refractivity contribution < 1.29 is 24.2 Å². The number of carbonyl (C=O) groups is 2. The largest absolute Gasteiger partial charge is 0.497 e. The molecular formula is C18H17N3O6. The van der Waals surface area contributed by atoms with Crippen molar-refractivity contribution in [3.8, 4) is 17.0 Å². The lowest BCUT2D eigenvalue weighted by Crippen LogP contribution is -2.19. The fourth-order valence-electron chi connectivity index (χ4n) is 2.88. The molecule has 0 fully saturated rings. The fourth-order valence-corrected chi connectivity index (χ4v) is 2.88. The Balaban J connectivity index is 2.18. The summed E-state index contributed by atoms with van der Waals surface area (Å²) in [6.07, 6.45) is 2.66. The van der Waals surface area contributed by atoms with Crippen molar-refractivity contribution in [2.24, 2.45) is 0 Å². The molecule has 2 N–H and O–H groups in total. The minimum atomic E-state index is -1.03. The number of pyridine rings is 1. The molecule has 0 aromatic heterocycles. The Morgan fingerprint density at radius 2 is 1.93 bits per heavy atom. The number of methoxy groups -OCH3 is 2. The Labute approximate surface area is 153 Å². The lowest BCUT2D eigenvalue weighted by molar-refractivity contribution is -0.137. The first kappa shape index (κ1) is 18.2.